The molecule has 2 aromatic heterocycles. The third-order valence-corrected chi connectivity index (χ3v) is 6.43. The zero-order valence-corrected chi connectivity index (χ0v) is 16.5. The monoisotopic (exact) mass is 397 g/mol. The number of nitrogens with two attached hydrogens (primary N) is 1. The Balaban J connectivity index is 1.65. The Kier molecular flexibility index (Phi) is 4.91. The molecule has 146 valence electrons. The molecule has 0 bridgehead atoms. The van der Waals surface area contributed by atoms with E-state index in [1.807, 2.05) is 18.3 Å². The van der Waals surface area contributed by atoms with Crippen molar-refractivity contribution in [1.82, 2.24) is 14.3 Å². The summed E-state index contributed by atoms with van der Waals surface area (Å²) in [7, 11) is -3.13. The van der Waals surface area contributed by atoms with E-state index in [-0.39, 0.29) is 6.04 Å². The molecule has 3 aromatic rings. The number of aromatic nitrogens is 2. The van der Waals surface area contributed by atoms with E-state index < -0.39 is 10.0 Å². The molecule has 0 atom stereocenters. The van der Waals surface area contributed by atoms with Gasteiger partial charge >= 0.3 is 0 Å². The summed E-state index contributed by atoms with van der Waals surface area (Å²) in [5.41, 5.74) is 9.48. The number of nitrogen functional groups attached to an aromatic ring is 1. The van der Waals surface area contributed by atoms with Crippen LogP contribution in [0.15, 0.2) is 49.1 Å². The maximum Gasteiger partial charge on any atom is 0.211 e. The van der Waals surface area contributed by atoms with Crippen molar-refractivity contribution in [1.29, 1.82) is 0 Å². The van der Waals surface area contributed by atoms with Gasteiger partial charge in [-0.2, -0.15) is 0 Å². The number of benzene rings is 1. The summed E-state index contributed by atoms with van der Waals surface area (Å²) in [5, 5.41) is 5.72. The molecule has 1 fully saturated rings. The number of hydrogen-bond donors (Lipinski definition) is 2. The number of hydrogen-bond acceptors (Lipinski definition) is 6. The lowest BCUT2D eigenvalue weighted by molar-refractivity contribution is 0.332. The summed E-state index contributed by atoms with van der Waals surface area (Å²) in [5.74, 6) is 0. The summed E-state index contributed by atoms with van der Waals surface area (Å²) in [6, 6.07) is 8.28. The summed E-state index contributed by atoms with van der Waals surface area (Å²) in [6.07, 6.45) is 9.85. The molecular weight excluding hydrogens is 374 g/mol. The second-order valence-electron chi connectivity index (χ2n) is 7.21. The van der Waals surface area contributed by atoms with Crippen LogP contribution in [0.4, 0.5) is 11.4 Å². The zero-order chi connectivity index (χ0) is 19.7. The van der Waals surface area contributed by atoms with Crippen LogP contribution in [0.1, 0.15) is 12.8 Å². The van der Waals surface area contributed by atoms with Crippen LogP contribution in [-0.2, 0) is 10.0 Å². The van der Waals surface area contributed by atoms with Crippen molar-refractivity contribution in [2.24, 2.45) is 0 Å². The third kappa shape index (κ3) is 3.93. The van der Waals surface area contributed by atoms with E-state index in [1.165, 1.54) is 6.26 Å². The number of rotatable bonds is 4. The minimum absolute atomic E-state index is 0.204. The van der Waals surface area contributed by atoms with Crippen LogP contribution in [0.2, 0.25) is 0 Å². The van der Waals surface area contributed by atoms with Crippen LogP contribution in [0, 0.1) is 0 Å². The first kappa shape index (κ1) is 18.6. The largest absolute Gasteiger partial charge is 0.397 e. The highest BCUT2D eigenvalue weighted by Gasteiger charge is 2.25. The topological polar surface area (TPSA) is 101 Å². The number of anilines is 2. The summed E-state index contributed by atoms with van der Waals surface area (Å²) in [6.45, 7) is 1.07. The Morgan fingerprint density at radius 2 is 1.86 bits per heavy atom. The first-order valence-electron chi connectivity index (χ1n) is 9.20. The van der Waals surface area contributed by atoms with Crippen LogP contribution >= 0.6 is 0 Å². The number of sulfonamides is 1. The maximum absolute atomic E-state index is 11.7. The maximum atomic E-state index is 11.7. The second kappa shape index (κ2) is 7.37. The van der Waals surface area contributed by atoms with Crippen molar-refractivity contribution in [3.8, 4) is 11.1 Å². The van der Waals surface area contributed by atoms with E-state index in [0.717, 1.165) is 40.4 Å². The highest BCUT2D eigenvalue weighted by Crippen LogP contribution is 2.32. The van der Waals surface area contributed by atoms with Crippen molar-refractivity contribution < 1.29 is 8.42 Å². The fourth-order valence-corrected chi connectivity index (χ4v) is 4.53. The smallest absolute Gasteiger partial charge is 0.211 e. The Morgan fingerprint density at radius 3 is 2.57 bits per heavy atom. The Labute approximate surface area is 164 Å². The van der Waals surface area contributed by atoms with Crippen molar-refractivity contribution in [2.75, 3.05) is 30.4 Å². The summed E-state index contributed by atoms with van der Waals surface area (Å²) in [4.78, 5) is 8.46. The van der Waals surface area contributed by atoms with Gasteiger partial charge in [0.05, 0.1) is 11.9 Å². The van der Waals surface area contributed by atoms with Gasteiger partial charge in [-0.15, -0.1) is 0 Å². The van der Waals surface area contributed by atoms with Crippen LogP contribution < -0.4 is 11.1 Å². The lowest BCUT2D eigenvalue weighted by atomic mass is 10.00. The van der Waals surface area contributed by atoms with Crippen molar-refractivity contribution in [3.63, 3.8) is 0 Å². The molecule has 0 amide bonds. The molecule has 0 unspecified atom stereocenters. The van der Waals surface area contributed by atoms with Gasteiger partial charge in [0.15, 0.2) is 0 Å². The molecule has 3 N–H and O–H groups in total. The van der Waals surface area contributed by atoms with E-state index >= 15 is 0 Å². The molecule has 0 saturated carbocycles. The van der Waals surface area contributed by atoms with E-state index in [2.05, 4.69) is 27.4 Å². The molecule has 3 heterocycles. The second-order valence-corrected chi connectivity index (χ2v) is 9.19. The molecule has 1 aromatic carbocycles. The molecule has 1 aliphatic rings. The van der Waals surface area contributed by atoms with Gasteiger partial charge in [-0.1, -0.05) is 0 Å². The van der Waals surface area contributed by atoms with E-state index in [1.54, 1.807) is 22.9 Å². The van der Waals surface area contributed by atoms with Crippen LogP contribution in [-0.4, -0.2) is 48.1 Å². The Hall–Kier alpha value is -2.71. The Morgan fingerprint density at radius 1 is 1.07 bits per heavy atom. The van der Waals surface area contributed by atoms with Gasteiger partial charge in [-0.3, -0.25) is 9.97 Å². The average molecular weight is 398 g/mol. The first-order valence-corrected chi connectivity index (χ1v) is 11.1. The number of nitrogens with one attached hydrogen (secondary N) is 1. The fourth-order valence-electron chi connectivity index (χ4n) is 3.65. The summed E-state index contributed by atoms with van der Waals surface area (Å²) < 4.78 is 25.0. The number of fused-ring (bicyclic) bond motifs is 1. The number of pyridine rings is 2. The molecule has 28 heavy (non-hydrogen) atoms. The standard InChI is InChI=1S/C20H23N5O2S/c1-28(26,27)25-6-3-18(4-7-25)24-20-10-15(16-9-17(21)12-23-11-16)8-14-2-5-22-13-19(14)20/h2,5,8-13,18,24H,3-4,6-7,21H2,1H3. The van der Waals surface area contributed by atoms with Crippen molar-refractivity contribution in [2.45, 2.75) is 18.9 Å². The van der Waals surface area contributed by atoms with Gasteiger partial charge < -0.3 is 11.1 Å². The Bertz CT molecular complexity index is 1110. The summed E-state index contributed by atoms with van der Waals surface area (Å²) >= 11 is 0. The fraction of sp³-hybridized carbons (Fsp3) is 0.300. The molecule has 7 nitrogen and oxygen atoms in total. The lowest BCUT2D eigenvalue weighted by Gasteiger charge is -2.31. The average Bonchev–Trinajstić information content (AvgIpc) is 2.67. The molecule has 0 radical (unpaired) electrons. The first-order chi connectivity index (χ1) is 13.4. The molecule has 8 heteroatoms. The predicted octanol–water partition coefficient (Wildman–Crippen LogP) is 2.71. The van der Waals surface area contributed by atoms with Gasteiger partial charge in [0.25, 0.3) is 0 Å². The van der Waals surface area contributed by atoms with Gasteiger partial charge in [-0.25, -0.2) is 12.7 Å². The normalized spacial score (nSPS) is 16.3. The minimum atomic E-state index is -3.13. The van der Waals surface area contributed by atoms with Crippen molar-refractivity contribution >= 4 is 32.2 Å². The van der Waals surface area contributed by atoms with Gasteiger partial charge in [0, 0.05) is 60.6 Å². The number of nitrogens with zero attached hydrogens (tertiary/aromatic N) is 3. The predicted molar refractivity (Wildman–Crippen MR) is 112 cm³/mol. The SMILES string of the molecule is CS(=O)(=O)N1CCC(Nc2cc(-c3cncc(N)c3)cc3ccncc23)CC1. The zero-order valence-electron chi connectivity index (χ0n) is 15.7. The van der Waals surface area contributed by atoms with E-state index in [9.17, 15) is 8.42 Å². The highest BCUT2D eigenvalue weighted by atomic mass is 32.2. The van der Waals surface area contributed by atoms with Crippen LogP contribution in [0.25, 0.3) is 21.9 Å². The number of piperidine rings is 1. The van der Waals surface area contributed by atoms with Gasteiger partial charge in [-0.05, 0) is 48.1 Å². The van der Waals surface area contributed by atoms with E-state index in [0.29, 0.717) is 18.8 Å². The third-order valence-electron chi connectivity index (χ3n) is 5.13. The van der Waals surface area contributed by atoms with Crippen LogP contribution in [0.3, 0.4) is 0 Å². The van der Waals surface area contributed by atoms with Crippen molar-refractivity contribution in [3.05, 3.63) is 49.1 Å². The quantitative estimate of drug-likeness (QED) is 0.702. The molecule has 1 saturated heterocycles. The minimum Gasteiger partial charge on any atom is -0.397 e. The molecular formula is C20H23N5O2S. The molecule has 0 aliphatic carbocycles. The van der Waals surface area contributed by atoms with Crippen LogP contribution in [0.5, 0.6) is 0 Å². The highest BCUT2D eigenvalue weighted by molar-refractivity contribution is 7.88. The van der Waals surface area contributed by atoms with E-state index in [4.69, 9.17) is 5.73 Å². The van der Waals surface area contributed by atoms with Gasteiger partial charge in [0.1, 0.15) is 0 Å². The lowest BCUT2D eigenvalue weighted by Crippen LogP contribution is -2.41. The molecule has 0 spiro atoms. The van der Waals surface area contributed by atoms with Gasteiger partial charge in [0.2, 0.25) is 10.0 Å². The molecule has 4 rings (SSSR count). The molecule has 1 aliphatic heterocycles.